The van der Waals surface area contributed by atoms with E-state index in [-0.39, 0.29) is 11.6 Å². The zero-order valence-corrected chi connectivity index (χ0v) is 7.27. The molecule has 1 aliphatic heterocycles. The Morgan fingerprint density at radius 1 is 1.62 bits per heavy atom. The molecule has 4 nitrogen and oxygen atoms in total. The van der Waals surface area contributed by atoms with Crippen molar-refractivity contribution < 1.29 is 4.74 Å². The first-order valence-corrected chi connectivity index (χ1v) is 4.33. The van der Waals surface area contributed by atoms with Gasteiger partial charge in [-0.25, -0.2) is 0 Å². The van der Waals surface area contributed by atoms with E-state index in [0.29, 0.717) is 12.3 Å². The molecule has 2 N–H and O–H groups in total. The molecule has 70 valence electrons. The zero-order valence-electron chi connectivity index (χ0n) is 7.27. The van der Waals surface area contributed by atoms with E-state index in [0.717, 1.165) is 13.0 Å². The van der Waals surface area contributed by atoms with E-state index in [2.05, 4.69) is 0 Å². The highest BCUT2D eigenvalue weighted by Gasteiger charge is 2.18. The van der Waals surface area contributed by atoms with Gasteiger partial charge in [-0.3, -0.25) is 4.79 Å². The minimum atomic E-state index is -0.113. The minimum absolute atomic E-state index is 0.113. The Kier molecular flexibility index (Phi) is 2.06. The molecule has 0 unspecified atom stereocenters. The number of nitrogens with two attached hydrogens (primary N) is 1. The van der Waals surface area contributed by atoms with Gasteiger partial charge in [0.05, 0.1) is 18.3 Å². The van der Waals surface area contributed by atoms with Crippen molar-refractivity contribution in [3.8, 4) is 0 Å². The van der Waals surface area contributed by atoms with Crippen LogP contribution >= 0.6 is 0 Å². The third kappa shape index (κ3) is 1.45. The lowest BCUT2D eigenvalue weighted by atomic mass is 10.2. The molecule has 0 aliphatic carbocycles. The standard InChI is InChI=1S/C9H12N2O2/c10-8-2-1-4-11(9(8)12)7-3-5-13-6-7/h1-2,4,7H,3,5-6,10H2/t7-/m1/s1. The van der Waals surface area contributed by atoms with Gasteiger partial charge < -0.3 is 15.0 Å². The molecule has 0 amide bonds. The normalized spacial score (nSPS) is 22.0. The fourth-order valence-corrected chi connectivity index (χ4v) is 1.56. The van der Waals surface area contributed by atoms with Crippen molar-refractivity contribution in [2.24, 2.45) is 0 Å². The lowest BCUT2D eigenvalue weighted by Gasteiger charge is -2.11. The number of pyridine rings is 1. The molecule has 0 saturated carbocycles. The van der Waals surface area contributed by atoms with E-state index in [1.54, 1.807) is 22.9 Å². The molecule has 1 aromatic heterocycles. The Labute approximate surface area is 75.9 Å². The molecular formula is C9H12N2O2. The number of ether oxygens (including phenoxy) is 1. The number of aromatic nitrogens is 1. The summed E-state index contributed by atoms with van der Waals surface area (Å²) in [5.41, 5.74) is 5.70. The van der Waals surface area contributed by atoms with Gasteiger partial charge in [-0.15, -0.1) is 0 Å². The average Bonchev–Trinajstić information content (AvgIpc) is 2.62. The zero-order chi connectivity index (χ0) is 9.26. The number of anilines is 1. The second kappa shape index (κ2) is 3.22. The average molecular weight is 180 g/mol. The van der Waals surface area contributed by atoms with Crippen LogP contribution in [0.1, 0.15) is 12.5 Å². The van der Waals surface area contributed by atoms with Crippen molar-refractivity contribution in [2.75, 3.05) is 18.9 Å². The fourth-order valence-electron chi connectivity index (χ4n) is 1.56. The van der Waals surface area contributed by atoms with Gasteiger partial charge in [0.2, 0.25) is 0 Å². The minimum Gasteiger partial charge on any atom is -0.394 e. The lowest BCUT2D eigenvalue weighted by Crippen LogP contribution is -2.26. The molecule has 1 atom stereocenters. The van der Waals surface area contributed by atoms with Gasteiger partial charge in [0.1, 0.15) is 0 Å². The predicted molar refractivity (Wildman–Crippen MR) is 49.6 cm³/mol. The molecule has 1 saturated heterocycles. The summed E-state index contributed by atoms with van der Waals surface area (Å²) in [6, 6.07) is 3.57. The van der Waals surface area contributed by atoms with Crippen molar-refractivity contribution in [2.45, 2.75) is 12.5 Å². The molecular weight excluding hydrogens is 168 g/mol. The quantitative estimate of drug-likeness (QED) is 0.680. The number of hydrogen-bond donors (Lipinski definition) is 1. The number of hydrogen-bond acceptors (Lipinski definition) is 3. The van der Waals surface area contributed by atoms with Crippen LogP contribution in [0.4, 0.5) is 5.69 Å². The second-order valence-electron chi connectivity index (χ2n) is 3.19. The smallest absolute Gasteiger partial charge is 0.273 e. The second-order valence-corrected chi connectivity index (χ2v) is 3.19. The Morgan fingerprint density at radius 3 is 3.15 bits per heavy atom. The molecule has 1 aliphatic rings. The highest BCUT2D eigenvalue weighted by atomic mass is 16.5. The first-order chi connectivity index (χ1) is 6.29. The molecule has 1 fully saturated rings. The van der Waals surface area contributed by atoms with Gasteiger partial charge in [0.25, 0.3) is 5.56 Å². The van der Waals surface area contributed by atoms with E-state index in [9.17, 15) is 4.79 Å². The van der Waals surface area contributed by atoms with Gasteiger partial charge in [-0.1, -0.05) is 0 Å². The van der Waals surface area contributed by atoms with Crippen LogP contribution in [0.15, 0.2) is 23.1 Å². The molecule has 0 aromatic carbocycles. The maximum Gasteiger partial charge on any atom is 0.273 e. The fraction of sp³-hybridized carbons (Fsp3) is 0.444. The van der Waals surface area contributed by atoms with E-state index in [1.165, 1.54) is 0 Å². The molecule has 0 radical (unpaired) electrons. The summed E-state index contributed by atoms with van der Waals surface area (Å²) < 4.78 is 6.86. The van der Waals surface area contributed by atoms with Crippen LogP contribution in [0.2, 0.25) is 0 Å². The van der Waals surface area contributed by atoms with E-state index in [1.807, 2.05) is 0 Å². The van der Waals surface area contributed by atoms with Crippen LogP contribution in [0.3, 0.4) is 0 Å². The maximum atomic E-state index is 11.5. The van der Waals surface area contributed by atoms with Gasteiger partial charge in [0.15, 0.2) is 0 Å². The summed E-state index contributed by atoms with van der Waals surface area (Å²) >= 11 is 0. The lowest BCUT2D eigenvalue weighted by molar-refractivity contribution is 0.186. The highest BCUT2D eigenvalue weighted by Crippen LogP contribution is 2.16. The van der Waals surface area contributed by atoms with Gasteiger partial charge in [-0.2, -0.15) is 0 Å². The summed E-state index contributed by atoms with van der Waals surface area (Å²) in [6.45, 7) is 1.34. The summed E-state index contributed by atoms with van der Waals surface area (Å²) in [7, 11) is 0. The molecule has 13 heavy (non-hydrogen) atoms. The number of nitrogens with zero attached hydrogens (tertiary/aromatic N) is 1. The van der Waals surface area contributed by atoms with Crippen molar-refractivity contribution in [1.29, 1.82) is 0 Å². The van der Waals surface area contributed by atoms with Crippen molar-refractivity contribution in [3.63, 3.8) is 0 Å². The van der Waals surface area contributed by atoms with E-state index < -0.39 is 0 Å². The largest absolute Gasteiger partial charge is 0.394 e. The van der Waals surface area contributed by atoms with Crippen molar-refractivity contribution in [3.05, 3.63) is 28.7 Å². The van der Waals surface area contributed by atoms with Crippen LogP contribution in [-0.4, -0.2) is 17.8 Å². The Hall–Kier alpha value is -1.29. The molecule has 0 spiro atoms. The maximum absolute atomic E-state index is 11.5. The van der Waals surface area contributed by atoms with Crippen molar-refractivity contribution >= 4 is 5.69 Å². The third-order valence-corrected chi connectivity index (χ3v) is 2.30. The van der Waals surface area contributed by atoms with Crippen molar-refractivity contribution in [1.82, 2.24) is 4.57 Å². The first kappa shape index (κ1) is 8.31. The molecule has 4 heteroatoms. The first-order valence-electron chi connectivity index (χ1n) is 4.33. The van der Waals surface area contributed by atoms with Crippen LogP contribution in [0.25, 0.3) is 0 Å². The van der Waals surface area contributed by atoms with Gasteiger partial charge >= 0.3 is 0 Å². The van der Waals surface area contributed by atoms with Gasteiger partial charge in [0, 0.05) is 12.8 Å². The van der Waals surface area contributed by atoms with E-state index >= 15 is 0 Å². The van der Waals surface area contributed by atoms with Crippen LogP contribution < -0.4 is 11.3 Å². The van der Waals surface area contributed by atoms with Crippen LogP contribution in [-0.2, 0) is 4.74 Å². The highest BCUT2D eigenvalue weighted by molar-refractivity contribution is 5.33. The topological polar surface area (TPSA) is 57.2 Å². The number of nitrogen functional groups attached to an aromatic ring is 1. The summed E-state index contributed by atoms with van der Waals surface area (Å²) in [5.74, 6) is 0. The molecule has 1 aromatic rings. The van der Waals surface area contributed by atoms with Crippen LogP contribution in [0.5, 0.6) is 0 Å². The molecule has 2 rings (SSSR count). The SMILES string of the molecule is Nc1cccn([C@@H]2CCOC2)c1=O. The Bertz CT molecular complexity index is 353. The summed E-state index contributed by atoms with van der Waals surface area (Å²) in [4.78, 5) is 11.5. The Balaban J connectivity index is 2.39. The number of rotatable bonds is 1. The van der Waals surface area contributed by atoms with Gasteiger partial charge in [-0.05, 0) is 18.6 Å². The summed E-state index contributed by atoms with van der Waals surface area (Å²) in [6.07, 6.45) is 2.65. The third-order valence-electron chi connectivity index (χ3n) is 2.30. The molecule has 0 bridgehead atoms. The molecule has 2 heterocycles. The summed E-state index contributed by atoms with van der Waals surface area (Å²) in [5, 5.41) is 0. The van der Waals surface area contributed by atoms with E-state index in [4.69, 9.17) is 10.5 Å². The Morgan fingerprint density at radius 2 is 2.46 bits per heavy atom. The van der Waals surface area contributed by atoms with Crippen LogP contribution in [0, 0.1) is 0 Å². The predicted octanol–water partition coefficient (Wildman–Crippen LogP) is 0.392. The monoisotopic (exact) mass is 180 g/mol.